The Labute approximate surface area is 109 Å². The van der Waals surface area contributed by atoms with Crippen molar-refractivity contribution in [1.82, 2.24) is 0 Å². The number of aliphatic carboxylic acids is 1. The molecule has 4 heteroatoms. The molecule has 0 bridgehead atoms. The molecule has 0 aliphatic rings. The molecule has 0 rings (SSSR count). The maximum Gasteiger partial charge on any atom is 0.330 e. The topological polar surface area (TPSA) is 63.6 Å². The van der Waals surface area contributed by atoms with Crippen LogP contribution in [0.4, 0.5) is 0 Å². The quantitative estimate of drug-likeness (QED) is 0.585. The van der Waals surface area contributed by atoms with E-state index in [0.717, 1.165) is 12.5 Å². The van der Waals surface area contributed by atoms with Gasteiger partial charge in [-0.15, -0.1) is 0 Å². The molecule has 0 saturated heterocycles. The van der Waals surface area contributed by atoms with Crippen LogP contribution in [-0.2, 0) is 14.3 Å². The number of esters is 1. The van der Waals surface area contributed by atoms with Gasteiger partial charge in [-0.3, -0.25) is 0 Å². The van der Waals surface area contributed by atoms with Crippen LogP contribution in [0.1, 0.15) is 40.5 Å². The highest BCUT2D eigenvalue weighted by Gasteiger charge is 2.03. The second-order valence-electron chi connectivity index (χ2n) is 4.53. The van der Waals surface area contributed by atoms with Gasteiger partial charge in [-0.05, 0) is 32.6 Å². The molecule has 0 aromatic carbocycles. The van der Waals surface area contributed by atoms with Crippen LogP contribution in [0.5, 0.6) is 0 Å². The highest BCUT2D eigenvalue weighted by atomic mass is 16.5. The largest absolute Gasteiger partial charge is 0.478 e. The predicted molar refractivity (Wildman–Crippen MR) is 72.3 cm³/mol. The summed E-state index contributed by atoms with van der Waals surface area (Å²) < 4.78 is 4.64. The molecular formula is C14H24O4. The summed E-state index contributed by atoms with van der Waals surface area (Å²) in [7, 11) is 0. The zero-order valence-electron chi connectivity index (χ0n) is 11.7. The van der Waals surface area contributed by atoms with Gasteiger partial charge in [0.05, 0.1) is 6.10 Å². The first-order valence-electron chi connectivity index (χ1n) is 5.94. The van der Waals surface area contributed by atoms with Crippen LogP contribution in [-0.4, -0.2) is 23.1 Å². The molecule has 18 heavy (non-hydrogen) atoms. The third-order valence-electron chi connectivity index (χ3n) is 1.84. The van der Waals surface area contributed by atoms with Crippen molar-refractivity contribution in [2.75, 3.05) is 0 Å². The third kappa shape index (κ3) is 14.4. The Kier molecular flexibility index (Phi) is 11.0. The van der Waals surface area contributed by atoms with E-state index in [9.17, 15) is 9.59 Å². The molecule has 0 aliphatic carbocycles. The van der Waals surface area contributed by atoms with Crippen LogP contribution in [0.2, 0.25) is 0 Å². The minimum absolute atomic E-state index is 0.0412. The molecule has 0 amide bonds. The van der Waals surface area contributed by atoms with E-state index in [1.165, 1.54) is 0 Å². The Morgan fingerprint density at radius 3 is 2.00 bits per heavy atom. The normalized spacial score (nSPS) is 9.44. The van der Waals surface area contributed by atoms with Crippen LogP contribution in [0.15, 0.2) is 24.8 Å². The van der Waals surface area contributed by atoms with Gasteiger partial charge in [0.15, 0.2) is 0 Å². The van der Waals surface area contributed by atoms with Gasteiger partial charge in [0, 0.05) is 11.6 Å². The van der Waals surface area contributed by atoms with E-state index >= 15 is 0 Å². The van der Waals surface area contributed by atoms with Crippen molar-refractivity contribution >= 4 is 11.9 Å². The predicted octanol–water partition coefficient (Wildman–Crippen LogP) is 3.19. The number of hydrogen-bond donors (Lipinski definition) is 1. The van der Waals surface area contributed by atoms with Crippen molar-refractivity contribution in [3.63, 3.8) is 0 Å². The number of rotatable bonds is 6. The van der Waals surface area contributed by atoms with E-state index in [1.54, 1.807) is 13.8 Å². The number of hydrogen-bond acceptors (Lipinski definition) is 3. The standard InChI is InChI=1S/C8H14O2.C6H10O2/c1-6(2)4-5-7(3)8(9)10;1-4-6(7)8-5(2)3/h6H,3-5H2,1-2H3,(H,9,10);4-5H,1H2,2-3H3. The molecule has 0 saturated carbocycles. The maximum absolute atomic E-state index is 10.3. The second-order valence-corrected chi connectivity index (χ2v) is 4.53. The van der Waals surface area contributed by atoms with E-state index in [0.29, 0.717) is 17.9 Å². The molecular weight excluding hydrogens is 232 g/mol. The van der Waals surface area contributed by atoms with Gasteiger partial charge >= 0.3 is 11.9 Å². The Hall–Kier alpha value is -1.58. The zero-order chi connectivity index (χ0) is 14.7. The first-order valence-corrected chi connectivity index (χ1v) is 5.94. The molecule has 1 N–H and O–H groups in total. The lowest BCUT2D eigenvalue weighted by atomic mass is 10.0. The van der Waals surface area contributed by atoms with Gasteiger partial charge < -0.3 is 9.84 Å². The Bertz CT molecular complexity index is 290. The van der Waals surface area contributed by atoms with Crippen LogP contribution >= 0.6 is 0 Å². The van der Waals surface area contributed by atoms with Crippen molar-refractivity contribution in [3.8, 4) is 0 Å². The number of carboxylic acids is 1. The second kappa shape index (κ2) is 10.6. The fourth-order valence-electron chi connectivity index (χ4n) is 0.850. The lowest BCUT2D eigenvalue weighted by Crippen LogP contribution is -2.07. The molecule has 0 fully saturated rings. The van der Waals surface area contributed by atoms with Crippen molar-refractivity contribution < 1.29 is 19.4 Å². The maximum atomic E-state index is 10.3. The van der Waals surface area contributed by atoms with E-state index in [1.807, 2.05) is 0 Å². The molecule has 0 heterocycles. The average molecular weight is 256 g/mol. The SMILES string of the molecule is C=C(CCC(C)C)C(=O)O.C=CC(=O)OC(C)C. The summed E-state index contributed by atoms with van der Waals surface area (Å²) >= 11 is 0. The number of carboxylic acid groups (broad SMARTS) is 1. The van der Waals surface area contributed by atoms with Crippen LogP contribution in [0, 0.1) is 5.92 Å². The molecule has 0 radical (unpaired) electrons. The van der Waals surface area contributed by atoms with E-state index in [-0.39, 0.29) is 12.1 Å². The fourth-order valence-corrected chi connectivity index (χ4v) is 0.850. The minimum Gasteiger partial charge on any atom is -0.478 e. The van der Waals surface area contributed by atoms with Crippen LogP contribution in [0.3, 0.4) is 0 Å². The number of carbonyl (C=O) groups is 2. The van der Waals surface area contributed by atoms with Crippen molar-refractivity contribution in [1.29, 1.82) is 0 Å². The van der Waals surface area contributed by atoms with E-state index in [2.05, 4.69) is 31.7 Å². The number of ether oxygens (including phenoxy) is 1. The highest BCUT2D eigenvalue weighted by Crippen LogP contribution is 2.09. The lowest BCUT2D eigenvalue weighted by molar-refractivity contribution is -0.141. The number of carbonyl (C=O) groups excluding carboxylic acids is 1. The Balaban J connectivity index is 0. The monoisotopic (exact) mass is 256 g/mol. The fraction of sp³-hybridized carbons (Fsp3) is 0.571. The summed E-state index contributed by atoms with van der Waals surface area (Å²) in [6, 6.07) is 0. The molecule has 0 spiro atoms. The molecule has 0 aromatic heterocycles. The summed E-state index contributed by atoms with van der Waals surface area (Å²) in [5.41, 5.74) is 0.314. The summed E-state index contributed by atoms with van der Waals surface area (Å²) in [5.74, 6) is -0.684. The smallest absolute Gasteiger partial charge is 0.330 e. The van der Waals surface area contributed by atoms with Crippen molar-refractivity contribution in [2.24, 2.45) is 5.92 Å². The molecule has 4 nitrogen and oxygen atoms in total. The zero-order valence-corrected chi connectivity index (χ0v) is 11.7. The summed E-state index contributed by atoms with van der Waals surface area (Å²) in [5, 5.41) is 8.40. The van der Waals surface area contributed by atoms with E-state index in [4.69, 9.17) is 5.11 Å². The van der Waals surface area contributed by atoms with E-state index < -0.39 is 5.97 Å². The molecule has 0 aliphatic heterocycles. The summed E-state index contributed by atoms with van der Waals surface area (Å²) in [4.78, 5) is 20.5. The van der Waals surface area contributed by atoms with Gasteiger partial charge in [-0.2, -0.15) is 0 Å². The van der Waals surface area contributed by atoms with Gasteiger partial charge in [0.2, 0.25) is 0 Å². The highest BCUT2D eigenvalue weighted by molar-refractivity contribution is 5.85. The molecule has 0 atom stereocenters. The molecule has 0 aromatic rings. The first-order chi connectivity index (χ1) is 8.20. The summed E-state index contributed by atoms with van der Waals surface area (Å²) in [6.45, 7) is 14.4. The minimum atomic E-state index is -0.874. The van der Waals surface area contributed by atoms with Gasteiger partial charge in [-0.1, -0.05) is 27.0 Å². The van der Waals surface area contributed by atoms with Crippen LogP contribution in [0.25, 0.3) is 0 Å². The molecule has 0 unspecified atom stereocenters. The van der Waals surface area contributed by atoms with Crippen molar-refractivity contribution in [3.05, 3.63) is 24.8 Å². The first kappa shape index (κ1) is 18.8. The van der Waals surface area contributed by atoms with Crippen molar-refractivity contribution in [2.45, 2.75) is 46.6 Å². The Morgan fingerprint density at radius 2 is 1.78 bits per heavy atom. The lowest BCUT2D eigenvalue weighted by Gasteiger charge is -2.02. The van der Waals surface area contributed by atoms with Gasteiger partial charge in [-0.25, -0.2) is 9.59 Å². The van der Waals surface area contributed by atoms with Gasteiger partial charge in [0.1, 0.15) is 0 Å². The average Bonchev–Trinajstić information content (AvgIpc) is 2.25. The van der Waals surface area contributed by atoms with Gasteiger partial charge in [0.25, 0.3) is 0 Å². The third-order valence-corrected chi connectivity index (χ3v) is 1.84. The van der Waals surface area contributed by atoms with Crippen LogP contribution < -0.4 is 0 Å². The molecule has 104 valence electrons. The Morgan fingerprint density at radius 1 is 1.28 bits per heavy atom. The summed E-state index contributed by atoms with van der Waals surface area (Å²) in [6.07, 6.45) is 2.62.